The van der Waals surface area contributed by atoms with Crippen molar-refractivity contribution in [2.24, 2.45) is 17.6 Å². The lowest BCUT2D eigenvalue weighted by molar-refractivity contribution is 0.352. The van der Waals surface area contributed by atoms with Crippen molar-refractivity contribution >= 4 is 10.8 Å². The molecule has 3 atom stereocenters. The Balaban J connectivity index is 2.07. The van der Waals surface area contributed by atoms with Crippen molar-refractivity contribution in [1.29, 1.82) is 0 Å². The normalized spacial score (nSPS) is 23.9. The van der Waals surface area contributed by atoms with Gasteiger partial charge in [0.2, 0.25) is 0 Å². The van der Waals surface area contributed by atoms with Crippen LogP contribution >= 0.6 is 0 Å². The predicted molar refractivity (Wildman–Crippen MR) is 83.9 cm³/mol. The highest BCUT2D eigenvalue weighted by Crippen LogP contribution is 2.41. The number of benzene rings is 2. The fraction of sp³-hybridized carbons (Fsp3) is 0.444. The summed E-state index contributed by atoms with van der Waals surface area (Å²) in [6.45, 7) is 2.34. The Kier molecular flexibility index (Phi) is 3.66. The second kappa shape index (κ2) is 5.45. The van der Waals surface area contributed by atoms with Crippen LogP contribution in [0.1, 0.15) is 37.8 Å². The second-order valence-electron chi connectivity index (χ2n) is 6.00. The van der Waals surface area contributed by atoms with Gasteiger partial charge in [-0.3, -0.25) is 0 Å². The lowest BCUT2D eigenvalue weighted by Gasteiger charge is -2.25. The molecule has 3 rings (SSSR count). The van der Waals surface area contributed by atoms with Gasteiger partial charge in [0.25, 0.3) is 0 Å². The summed E-state index contributed by atoms with van der Waals surface area (Å²) in [4.78, 5) is 0. The highest BCUT2D eigenvalue weighted by molar-refractivity contribution is 5.91. The molecule has 0 heterocycles. The highest BCUT2D eigenvalue weighted by Gasteiger charge is 2.30. The quantitative estimate of drug-likeness (QED) is 0.902. The molecule has 106 valence electrons. The third kappa shape index (κ3) is 2.18. The van der Waals surface area contributed by atoms with Crippen LogP contribution in [0.3, 0.4) is 0 Å². The van der Waals surface area contributed by atoms with E-state index in [0.29, 0.717) is 5.92 Å². The lowest BCUT2D eigenvalue weighted by atomic mass is 9.84. The SMILES string of the molecule is COc1ccc(C(N)C2CCCC2C)c2ccccc12. The zero-order valence-corrected chi connectivity index (χ0v) is 12.3. The van der Waals surface area contributed by atoms with Gasteiger partial charge in [0, 0.05) is 11.4 Å². The molecule has 20 heavy (non-hydrogen) atoms. The fourth-order valence-corrected chi connectivity index (χ4v) is 3.70. The van der Waals surface area contributed by atoms with Crippen LogP contribution in [0, 0.1) is 11.8 Å². The Hall–Kier alpha value is -1.54. The van der Waals surface area contributed by atoms with Gasteiger partial charge in [-0.25, -0.2) is 0 Å². The molecule has 2 nitrogen and oxygen atoms in total. The summed E-state index contributed by atoms with van der Waals surface area (Å²) < 4.78 is 5.47. The molecule has 0 saturated heterocycles. The third-order valence-electron chi connectivity index (χ3n) is 4.89. The monoisotopic (exact) mass is 269 g/mol. The first kappa shape index (κ1) is 13.4. The third-order valence-corrected chi connectivity index (χ3v) is 4.89. The summed E-state index contributed by atoms with van der Waals surface area (Å²) in [5.41, 5.74) is 7.87. The molecular formula is C18H23NO. The van der Waals surface area contributed by atoms with Crippen molar-refractivity contribution in [3.8, 4) is 5.75 Å². The van der Waals surface area contributed by atoms with Crippen molar-refractivity contribution in [3.05, 3.63) is 42.0 Å². The van der Waals surface area contributed by atoms with Crippen LogP contribution in [-0.2, 0) is 0 Å². The molecule has 2 aromatic rings. The van der Waals surface area contributed by atoms with Crippen LogP contribution in [0.15, 0.2) is 36.4 Å². The van der Waals surface area contributed by atoms with Gasteiger partial charge in [-0.2, -0.15) is 0 Å². The molecular weight excluding hydrogens is 246 g/mol. The molecule has 2 aromatic carbocycles. The van der Waals surface area contributed by atoms with E-state index in [0.717, 1.165) is 17.1 Å². The summed E-state index contributed by atoms with van der Waals surface area (Å²) in [5, 5.41) is 2.40. The molecule has 1 saturated carbocycles. The Morgan fingerprint density at radius 3 is 2.50 bits per heavy atom. The molecule has 0 amide bonds. The number of rotatable bonds is 3. The highest BCUT2D eigenvalue weighted by atomic mass is 16.5. The standard InChI is InChI=1S/C18H23NO/c1-12-6-5-9-13(12)18(19)16-10-11-17(20-2)15-8-4-3-7-14(15)16/h3-4,7-8,10-13,18H,5-6,9,19H2,1-2H3. The smallest absolute Gasteiger partial charge is 0.126 e. The lowest BCUT2D eigenvalue weighted by Crippen LogP contribution is -2.23. The summed E-state index contributed by atoms with van der Waals surface area (Å²) in [6, 6.07) is 12.7. The topological polar surface area (TPSA) is 35.2 Å². The van der Waals surface area contributed by atoms with Gasteiger partial charge in [0.1, 0.15) is 5.75 Å². The van der Waals surface area contributed by atoms with Crippen molar-refractivity contribution in [2.45, 2.75) is 32.2 Å². The van der Waals surface area contributed by atoms with Crippen LogP contribution in [-0.4, -0.2) is 7.11 Å². The van der Waals surface area contributed by atoms with Gasteiger partial charge in [-0.1, -0.05) is 50.1 Å². The minimum Gasteiger partial charge on any atom is -0.496 e. The zero-order chi connectivity index (χ0) is 14.1. The molecule has 0 radical (unpaired) electrons. The largest absolute Gasteiger partial charge is 0.496 e. The maximum atomic E-state index is 6.61. The van der Waals surface area contributed by atoms with Gasteiger partial charge in [-0.05, 0) is 35.3 Å². The molecule has 2 heteroatoms. The minimum atomic E-state index is 0.128. The first-order chi connectivity index (χ1) is 9.72. The Labute approximate surface area is 120 Å². The van der Waals surface area contributed by atoms with Crippen molar-refractivity contribution < 1.29 is 4.74 Å². The molecule has 0 spiro atoms. The van der Waals surface area contributed by atoms with E-state index in [1.807, 2.05) is 0 Å². The molecule has 3 unspecified atom stereocenters. The fourth-order valence-electron chi connectivity index (χ4n) is 3.70. The molecule has 1 aliphatic carbocycles. The van der Waals surface area contributed by atoms with Crippen molar-refractivity contribution in [3.63, 3.8) is 0 Å². The van der Waals surface area contributed by atoms with Gasteiger partial charge < -0.3 is 10.5 Å². The minimum absolute atomic E-state index is 0.128. The zero-order valence-electron chi connectivity index (χ0n) is 12.3. The van der Waals surface area contributed by atoms with Crippen molar-refractivity contribution in [2.75, 3.05) is 7.11 Å². The maximum absolute atomic E-state index is 6.61. The average Bonchev–Trinajstić information content (AvgIpc) is 2.91. The summed E-state index contributed by atoms with van der Waals surface area (Å²) in [5.74, 6) is 2.26. The number of hydrogen-bond acceptors (Lipinski definition) is 2. The van der Waals surface area contributed by atoms with E-state index in [1.165, 1.54) is 30.2 Å². The van der Waals surface area contributed by atoms with E-state index in [9.17, 15) is 0 Å². The van der Waals surface area contributed by atoms with E-state index in [4.69, 9.17) is 10.5 Å². The maximum Gasteiger partial charge on any atom is 0.126 e. The number of hydrogen-bond donors (Lipinski definition) is 1. The van der Waals surface area contributed by atoms with Gasteiger partial charge in [-0.15, -0.1) is 0 Å². The predicted octanol–water partition coefficient (Wildman–Crippen LogP) is 4.28. The van der Waals surface area contributed by atoms with Crippen LogP contribution in [0.4, 0.5) is 0 Å². The molecule has 0 bridgehead atoms. The Morgan fingerprint density at radius 2 is 1.85 bits per heavy atom. The van der Waals surface area contributed by atoms with Gasteiger partial charge in [0.15, 0.2) is 0 Å². The van der Waals surface area contributed by atoms with Crippen LogP contribution in [0.25, 0.3) is 10.8 Å². The van der Waals surface area contributed by atoms with Gasteiger partial charge in [0.05, 0.1) is 7.11 Å². The number of methoxy groups -OCH3 is 1. The van der Waals surface area contributed by atoms with Crippen LogP contribution in [0.5, 0.6) is 5.75 Å². The van der Waals surface area contributed by atoms with Crippen LogP contribution in [0.2, 0.25) is 0 Å². The number of nitrogens with two attached hydrogens (primary N) is 1. The Morgan fingerprint density at radius 1 is 1.10 bits per heavy atom. The van der Waals surface area contributed by atoms with E-state index in [-0.39, 0.29) is 6.04 Å². The second-order valence-corrected chi connectivity index (χ2v) is 6.00. The first-order valence-electron chi connectivity index (χ1n) is 7.53. The molecule has 1 aliphatic rings. The summed E-state index contributed by atoms with van der Waals surface area (Å²) in [7, 11) is 1.72. The van der Waals surface area contributed by atoms with E-state index in [2.05, 4.69) is 43.3 Å². The molecule has 2 N–H and O–H groups in total. The van der Waals surface area contributed by atoms with E-state index in [1.54, 1.807) is 7.11 Å². The first-order valence-corrected chi connectivity index (χ1v) is 7.53. The molecule has 1 fully saturated rings. The molecule has 0 aromatic heterocycles. The summed E-state index contributed by atoms with van der Waals surface area (Å²) >= 11 is 0. The van der Waals surface area contributed by atoms with Crippen molar-refractivity contribution in [1.82, 2.24) is 0 Å². The molecule has 0 aliphatic heterocycles. The van der Waals surface area contributed by atoms with Gasteiger partial charge >= 0.3 is 0 Å². The number of fused-ring (bicyclic) bond motifs is 1. The summed E-state index contributed by atoms with van der Waals surface area (Å²) in [6.07, 6.45) is 3.88. The average molecular weight is 269 g/mol. The number of ether oxygens (including phenoxy) is 1. The van der Waals surface area contributed by atoms with Crippen LogP contribution < -0.4 is 10.5 Å². The Bertz CT molecular complexity index is 607. The van der Waals surface area contributed by atoms with E-state index >= 15 is 0 Å². The van der Waals surface area contributed by atoms with E-state index < -0.39 is 0 Å².